The zero-order chi connectivity index (χ0) is 13.9. The number of rotatable bonds is 4. The van der Waals surface area contributed by atoms with Crippen molar-refractivity contribution in [1.82, 2.24) is 4.90 Å². The number of nitrogen functional groups attached to an aromatic ring is 1. The van der Waals surface area contributed by atoms with E-state index in [-0.39, 0.29) is 5.91 Å². The van der Waals surface area contributed by atoms with Crippen LogP contribution in [0, 0.1) is 0 Å². The molecule has 0 radical (unpaired) electrons. The van der Waals surface area contributed by atoms with Gasteiger partial charge in [-0.05, 0) is 50.0 Å². The summed E-state index contributed by atoms with van der Waals surface area (Å²) in [5.74, 6) is 0.0756. The highest BCUT2D eigenvalue weighted by molar-refractivity contribution is 5.95. The molecule has 2 aliphatic rings. The second kappa shape index (κ2) is 5.71. The number of carbonyl (C=O) groups is 1. The molecule has 0 spiro atoms. The third kappa shape index (κ3) is 2.88. The highest BCUT2D eigenvalue weighted by Gasteiger charge is 2.17. The van der Waals surface area contributed by atoms with Gasteiger partial charge >= 0.3 is 0 Å². The van der Waals surface area contributed by atoms with Crippen LogP contribution in [0.1, 0.15) is 24.8 Å². The average Bonchev–Trinajstić information content (AvgIpc) is 2.93. The van der Waals surface area contributed by atoms with Crippen LogP contribution in [0.15, 0.2) is 12.1 Å². The van der Waals surface area contributed by atoms with E-state index in [2.05, 4.69) is 21.6 Å². The van der Waals surface area contributed by atoms with Crippen molar-refractivity contribution in [3.05, 3.63) is 17.7 Å². The molecule has 1 aromatic carbocycles. The van der Waals surface area contributed by atoms with Gasteiger partial charge in [-0.2, -0.15) is 0 Å². The normalized spacial score (nSPS) is 18.7. The first-order valence-electron chi connectivity index (χ1n) is 7.41. The monoisotopic (exact) mass is 274 g/mol. The van der Waals surface area contributed by atoms with Crippen molar-refractivity contribution < 1.29 is 4.79 Å². The molecule has 3 rings (SSSR count). The molecule has 0 atom stereocenters. The molecule has 1 saturated heterocycles. The fourth-order valence-corrected chi connectivity index (χ4v) is 2.95. The number of likely N-dealkylation sites (tertiary alicyclic amines) is 1. The zero-order valence-electron chi connectivity index (χ0n) is 11.7. The van der Waals surface area contributed by atoms with Crippen molar-refractivity contribution in [3.63, 3.8) is 0 Å². The largest absolute Gasteiger partial charge is 0.397 e. The van der Waals surface area contributed by atoms with Crippen LogP contribution in [-0.2, 0) is 11.2 Å². The summed E-state index contributed by atoms with van der Waals surface area (Å²) in [5, 5.41) is 6.30. The Balaban J connectivity index is 1.62. The molecule has 0 bridgehead atoms. The lowest BCUT2D eigenvalue weighted by atomic mass is 10.0. The Morgan fingerprint density at radius 3 is 2.85 bits per heavy atom. The molecule has 108 valence electrons. The number of fused-ring (bicyclic) bond motifs is 1. The van der Waals surface area contributed by atoms with Crippen molar-refractivity contribution in [1.29, 1.82) is 0 Å². The lowest BCUT2D eigenvalue weighted by Crippen LogP contribution is -2.26. The molecule has 1 fully saturated rings. The number of carbonyl (C=O) groups excluding carboxylic acids is 1. The van der Waals surface area contributed by atoms with Gasteiger partial charge in [-0.3, -0.25) is 4.79 Å². The molecule has 2 aliphatic heterocycles. The Hall–Kier alpha value is -1.75. The third-order valence-corrected chi connectivity index (χ3v) is 4.11. The molecule has 1 amide bonds. The minimum Gasteiger partial charge on any atom is -0.397 e. The average molecular weight is 274 g/mol. The Bertz CT molecular complexity index is 509. The van der Waals surface area contributed by atoms with E-state index in [1.165, 1.54) is 31.5 Å². The number of hydrogen-bond donors (Lipinski definition) is 3. The summed E-state index contributed by atoms with van der Waals surface area (Å²) in [5.41, 5.74) is 9.78. The minimum absolute atomic E-state index is 0.0756. The maximum atomic E-state index is 11.4. The molecular weight excluding hydrogens is 252 g/mol. The van der Waals surface area contributed by atoms with E-state index in [0.29, 0.717) is 12.1 Å². The highest BCUT2D eigenvalue weighted by atomic mass is 16.1. The van der Waals surface area contributed by atoms with Crippen molar-refractivity contribution >= 4 is 23.0 Å². The van der Waals surface area contributed by atoms with Crippen LogP contribution in [0.4, 0.5) is 17.1 Å². The minimum atomic E-state index is 0.0756. The van der Waals surface area contributed by atoms with Gasteiger partial charge in [0.05, 0.1) is 11.4 Å². The molecule has 0 unspecified atom stereocenters. The summed E-state index contributed by atoms with van der Waals surface area (Å²) in [6, 6.07) is 3.94. The van der Waals surface area contributed by atoms with E-state index in [9.17, 15) is 4.79 Å². The predicted octanol–water partition coefficient (Wildman–Crippen LogP) is 1.66. The van der Waals surface area contributed by atoms with E-state index in [0.717, 1.165) is 30.9 Å². The number of amides is 1. The number of nitrogens with two attached hydrogens (primary N) is 1. The first-order valence-corrected chi connectivity index (χ1v) is 7.41. The second-order valence-corrected chi connectivity index (χ2v) is 5.62. The summed E-state index contributed by atoms with van der Waals surface area (Å²) in [6.45, 7) is 4.41. The van der Waals surface area contributed by atoms with Crippen LogP contribution in [0.3, 0.4) is 0 Å². The second-order valence-electron chi connectivity index (χ2n) is 5.62. The van der Waals surface area contributed by atoms with Crippen LogP contribution < -0.4 is 16.4 Å². The number of nitrogens with zero attached hydrogens (tertiary/aromatic N) is 1. The Labute approximate surface area is 119 Å². The molecule has 1 aromatic rings. The van der Waals surface area contributed by atoms with Crippen molar-refractivity contribution in [2.45, 2.75) is 25.7 Å². The topological polar surface area (TPSA) is 70.4 Å². The third-order valence-electron chi connectivity index (χ3n) is 4.11. The van der Waals surface area contributed by atoms with Gasteiger partial charge < -0.3 is 21.3 Å². The van der Waals surface area contributed by atoms with Crippen molar-refractivity contribution in [2.24, 2.45) is 0 Å². The smallest absolute Gasteiger partial charge is 0.224 e. The maximum absolute atomic E-state index is 11.4. The molecule has 0 aromatic heterocycles. The zero-order valence-corrected chi connectivity index (χ0v) is 11.7. The van der Waals surface area contributed by atoms with E-state index in [4.69, 9.17) is 5.73 Å². The van der Waals surface area contributed by atoms with E-state index >= 15 is 0 Å². The van der Waals surface area contributed by atoms with Crippen LogP contribution in [0.5, 0.6) is 0 Å². The van der Waals surface area contributed by atoms with E-state index in [1.54, 1.807) is 0 Å². The first kappa shape index (κ1) is 13.2. The van der Waals surface area contributed by atoms with Gasteiger partial charge in [-0.25, -0.2) is 0 Å². The number of aryl methyl sites for hydroxylation is 1. The number of nitrogens with one attached hydrogen (secondary N) is 2. The summed E-state index contributed by atoms with van der Waals surface area (Å²) < 4.78 is 0. The SMILES string of the molecule is Nc1cc2c(cc1NCCN1CCCC1)CCC(=O)N2. The molecule has 5 nitrogen and oxygen atoms in total. The standard InChI is InChI=1S/C15H22N4O/c16-12-10-13-11(3-4-15(20)18-13)9-14(12)17-5-8-19-6-1-2-7-19/h9-10,17H,1-8,16H2,(H,18,20). The summed E-state index contributed by atoms with van der Waals surface area (Å²) in [4.78, 5) is 13.8. The van der Waals surface area contributed by atoms with E-state index < -0.39 is 0 Å². The quantitative estimate of drug-likeness (QED) is 0.730. The van der Waals surface area contributed by atoms with Gasteiger partial charge in [0.25, 0.3) is 0 Å². The Kier molecular flexibility index (Phi) is 3.78. The fourth-order valence-electron chi connectivity index (χ4n) is 2.95. The molecular formula is C15H22N4O. The summed E-state index contributed by atoms with van der Waals surface area (Å²) in [6.07, 6.45) is 3.99. The maximum Gasteiger partial charge on any atom is 0.224 e. The van der Waals surface area contributed by atoms with Gasteiger partial charge in [-0.1, -0.05) is 0 Å². The summed E-state index contributed by atoms with van der Waals surface area (Å²) >= 11 is 0. The van der Waals surface area contributed by atoms with Crippen LogP contribution in [0.25, 0.3) is 0 Å². The highest BCUT2D eigenvalue weighted by Crippen LogP contribution is 2.30. The molecule has 20 heavy (non-hydrogen) atoms. The lowest BCUT2D eigenvalue weighted by molar-refractivity contribution is -0.116. The van der Waals surface area contributed by atoms with Crippen LogP contribution in [0.2, 0.25) is 0 Å². The number of benzene rings is 1. The van der Waals surface area contributed by atoms with Gasteiger partial charge in [0.1, 0.15) is 0 Å². The van der Waals surface area contributed by atoms with Gasteiger partial charge in [0.15, 0.2) is 0 Å². The van der Waals surface area contributed by atoms with Gasteiger partial charge in [0, 0.05) is 25.2 Å². The van der Waals surface area contributed by atoms with Crippen molar-refractivity contribution in [2.75, 3.05) is 42.5 Å². The van der Waals surface area contributed by atoms with E-state index in [1.807, 2.05) is 6.07 Å². The molecule has 0 aliphatic carbocycles. The van der Waals surface area contributed by atoms with Crippen LogP contribution in [-0.4, -0.2) is 37.0 Å². The fraction of sp³-hybridized carbons (Fsp3) is 0.533. The van der Waals surface area contributed by atoms with Gasteiger partial charge in [-0.15, -0.1) is 0 Å². The lowest BCUT2D eigenvalue weighted by Gasteiger charge is -2.21. The van der Waals surface area contributed by atoms with Crippen molar-refractivity contribution in [3.8, 4) is 0 Å². The molecule has 4 N–H and O–H groups in total. The summed E-state index contributed by atoms with van der Waals surface area (Å²) in [7, 11) is 0. The number of anilines is 3. The molecule has 2 heterocycles. The van der Waals surface area contributed by atoms with Gasteiger partial charge in [0.2, 0.25) is 5.91 Å². The molecule has 5 heteroatoms. The predicted molar refractivity (Wildman–Crippen MR) is 82.0 cm³/mol. The first-order chi connectivity index (χ1) is 9.72. The Morgan fingerprint density at radius 2 is 2.05 bits per heavy atom. The Morgan fingerprint density at radius 1 is 1.25 bits per heavy atom. The molecule has 0 saturated carbocycles. The number of hydrogen-bond acceptors (Lipinski definition) is 4. The van der Waals surface area contributed by atoms with Crippen LogP contribution >= 0.6 is 0 Å².